The number of primary amides is 1. The lowest BCUT2D eigenvalue weighted by Crippen LogP contribution is -2.12. The Morgan fingerprint density at radius 1 is 1.28 bits per heavy atom. The number of nitrogen functional groups attached to an aromatic ring is 1. The molecule has 1 aromatic carbocycles. The second-order valence-electron chi connectivity index (χ2n) is 3.75. The Morgan fingerprint density at radius 3 is 2.50 bits per heavy atom. The van der Waals surface area contributed by atoms with E-state index in [0.717, 1.165) is 11.3 Å². The standard InChI is InChI=1S/C13H13N3O2/c1-18-10-4-2-8(3-5-10)11-6-9(13(15)17)7-16-12(11)14/h2-7H,1H3,(H2,14,16)(H2,15,17). The molecule has 2 rings (SSSR count). The van der Waals surface area contributed by atoms with Gasteiger partial charge in [-0.25, -0.2) is 4.98 Å². The van der Waals surface area contributed by atoms with Crippen LogP contribution in [0.15, 0.2) is 36.5 Å². The Hall–Kier alpha value is -2.56. The maximum atomic E-state index is 11.1. The van der Waals surface area contributed by atoms with Gasteiger partial charge in [0.25, 0.3) is 0 Å². The highest BCUT2D eigenvalue weighted by atomic mass is 16.5. The van der Waals surface area contributed by atoms with Gasteiger partial charge in [-0.15, -0.1) is 0 Å². The summed E-state index contributed by atoms with van der Waals surface area (Å²) in [4.78, 5) is 15.1. The van der Waals surface area contributed by atoms with Gasteiger partial charge < -0.3 is 16.2 Å². The minimum Gasteiger partial charge on any atom is -0.497 e. The van der Waals surface area contributed by atoms with Crippen LogP contribution in [-0.2, 0) is 0 Å². The van der Waals surface area contributed by atoms with Crippen molar-refractivity contribution in [1.82, 2.24) is 4.98 Å². The fourth-order valence-electron chi connectivity index (χ4n) is 1.61. The first-order valence-corrected chi connectivity index (χ1v) is 5.31. The summed E-state index contributed by atoms with van der Waals surface area (Å²) in [5.74, 6) is 0.568. The lowest BCUT2D eigenvalue weighted by molar-refractivity contribution is 0.1000. The number of carbonyl (C=O) groups excluding carboxylic acids is 1. The molecule has 5 nitrogen and oxygen atoms in total. The van der Waals surface area contributed by atoms with E-state index in [1.54, 1.807) is 13.2 Å². The first-order valence-electron chi connectivity index (χ1n) is 5.31. The fourth-order valence-corrected chi connectivity index (χ4v) is 1.61. The number of anilines is 1. The zero-order chi connectivity index (χ0) is 13.1. The van der Waals surface area contributed by atoms with Crippen LogP contribution in [0.5, 0.6) is 5.75 Å². The summed E-state index contributed by atoms with van der Waals surface area (Å²) in [6, 6.07) is 8.94. The Bertz CT molecular complexity index is 579. The third-order valence-electron chi connectivity index (χ3n) is 2.60. The molecule has 4 N–H and O–H groups in total. The third-order valence-corrected chi connectivity index (χ3v) is 2.60. The van der Waals surface area contributed by atoms with Crippen molar-refractivity contribution in [3.63, 3.8) is 0 Å². The number of ether oxygens (including phenoxy) is 1. The first-order chi connectivity index (χ1) is 8.61. The van der Waals surface area contributed by atoms with Crippen molar-refractivity contribution in [2.24, 2.45) is 5.73 Å². The molecule has 0 aliphatic heterocycles. The molecule has 0 saturated carbocycles. The normalized spacial score (nSPS) is 10.1. The van der Waals surface area contributed by atoms with E-state index in [1.807, 2.05) is 24.3 Å². The number of amides is 1. The molecular formula is C13H13N3O2. The van der Waals surface area contributed by atoms with Crippen molar-refractivity contribution in [1.29, 1.82) is 0 Å². The van der Waals surface area contributed by atoms with Gasteiger partial charge in [-0.1, -0.05) is 12.1 Å². The van der Waals surface area contributed by atoms with E-state index in [-0.39, 0.29) is 0 Å². The average Bonchev–Trinajstić information content (AvgIpc) is 2.39. The van der Waals surface area contributed by atoms with E-state index >= 15 is 0 Å². The largest absolute Gasteiger partial charge is 0.497 e. The highest BCUT2D eigenvalue weighted by molar-refractivity contribution is 5.94. The molecule has 0 aliphatic carbocycles. The van der Waals surface area contributed by atoms with E-state index in [2.05, 4.69) is 4.98 Å². The van der Waals surface area contributed by atoms with Crippen LogP contribution in [0.2, 0.25) is 0 Å². The van der Waals surface area contributed by atoms with Gasteiger partial charge in [-0.3, -0.25) is 4.79 Å². The van der Waals surface area contributed by atoms with E-state index in [4.69, 9.17) is 16.2 Å². The van der Waals surface area contributed by atoms with Crippen LogP contribution >= 0.6 is 0 Å². The highest BCUT2D eigenvalue weighted by Crippen LogP contribution is 2.26. The van der Waals surface area contributed by atoms with Crippen LogP contribution in [0.1, 0.15) is 10.4 Å². The van der Waals surface area contributed by atoms with Gasteiger partial charge in [0.2, 0.25) is 5.91 Å². The van der Waals surface area contributed by atoms with Crippen molar-refractivity contribution in [2.75, 3.05) is 12.8 Å². The van der Waals surface area contributed by atoms with E-state index in [1.165, 1.54) is 6.20 Å². The van der Waals surface area contributed by atoms with E-state index in [0.29, 0.717) is 16.9 Å². The van der Waals surface area contributed by atoms with E-state index in [9.17, 15) is 4.79 Å². The second kappa shape index (κ2) is 4.75. The molecule has 5 heteroatoms. The lowest BCUT2D eigenvalue weighted by atomic mass is 10.0. The smallest absolute Gasteiger partial charge is 0.250 e. The second-order valence-corrected chi connectivity index (χ2v) is 3.75. The van der Waals surface area contributed by atoms with Gasteiger partial charge in [0.15, 0.2) is 0 Å². The molecule has 0 unspecified atom stereocenters. The molecule has 0 atom stereocenters. The Kier molecular flexibility index (Phi) is 3.14. The van der Waals surface area contributed by atoms with Crippen molar-refractivity contribution < 1.29 is 9.53 Å². The number of hydrogen-bond donors (Lipinski definition) is 2. The molecule has 1 heterocycles. The quantitative estimate of drug-likeness (QED) is 0.853. The minimum absolute atomic E-state index is 0.329. The van der Waals surface area contributed by atoms with Crippen molar-refractivity contribution in [3.8, 4) is 16.9 Å². The molecule has 0 saturated heterocycles. The lowest BCUT2D eigenvalue weighted by Gasteiger charge is -2.07. The van der Waals surface area contributed by atoms with Crippen molar-refractivity contribution >= 4 is 11.7 Å². The van der Waals surface area contributed by atoms with E-state index < -0.39 is 5.91 Å². The minimum atomic E-state index is -0.530. The predicted molar refractivity (Wildman–Crippen MR) is 69.2 cm³/mol. The van der Waals surface area contributed by atoms with Crippen LogP contribution in [0, 0.1) is 0 Å². The number of nitrogens with two attached hydrogens (primary N) is 2. The Morgan fingerprint density at radius 2 is 1.94 bits per heavy atom. The van der Waals surface area contributed by atoms with Crippen molar-refractivity contribution in [2.45, 2.75) is 0 Å². The summed E-state index contributed by atoms with van der Waals surface area (Å²) in [5.41, 5.74) is 12.9. The number of carbonyl (C=O) groups is 1. The van der Waals surface area contributed by atoms with Crippen LogP contribution in [0.25, 0.3) is 11.1 Å². The zero-order valence-corrected chi connectivity index (χ0v) is 9.88. The number of methoxy groups -OCH3 is 1. The molecule has 1 amide bonds. The summed E-state index contributed by atoms with van der Waals surface area (Å²) in [6.45, 7) is 0. The summed E-state index contributed by atoms with van der Waals surface area (Å²) >= 11 is 0. The van der Waals surface area contributed by atoms with Crippen LogP contribution in [0.3, 0.4) is 0 Å². The number of hydrogen-bond acceptors (Lipinski definition) is 4. The van der Waals surface area contributed by atoms with Crippen LogP contribution in [0.4, 0.5) is 5.82 Å². The summed E-state index contributed by atoms with van der Waals surface area (Å²) in [6.07, 6.45) is 1.37. The topological polar surface area (TPSA) is 91.2 Å². The van der Waals surface area contributed by atoms with Gasteiger partial charge >= 0.3 is 0 Å². The first kappa shape index (κ1) is 11.9. The van der Waals surface area contributed by atoms with Crippen molar-refractivity contribution in [3.05, 3.63) is 42.1 Å². The third kappa shape index (κ3) is 2.24. The molecular weight excluding hydrogens is 230 g/mol. The number of aromatic nitrogens is 1. The van der Waals surface area contributed by atoms with Gasteiger partial charge in [0.1, 0.15) is 11.6 Å². The average molecular weight is 243 g/mol. The molecule has 18 heavy (non-hydrogen) atoms. The molecule has 0 bridgehead atoms. The number of nitrogens with zero attached hydrogens (tertiary/aromatic N) is 1. The highest BCUT2D eigenvalue weighted by Gasteiger charge is 2.08. The Labute approximate surface area is 104 Å². The predicted octanol–water partition coefficient (Wildman–Crippen LogP) is 1.44. The summed E-state index contributed by atoms with van der Waals surface area (Å²) < 4.78 is 5.08. The molecule has 0 spiro atoms. The molecule has 0 fully saturated rings. The maximum Gasteiger partial charge on any atom is 0.250 e. The molecule has 1 aromatic heterocycles. The maximum absolute atomic E-state index is 11.1. The van der Waals surface area contributed by atoms with Crippen LogP contribution < -0.4 is 16.2 Å². The van der Waals surface area contributed by atoms with Gasteiger partial charge in [0, 0.05) is 11.8 Å². The SMILES string of the molecule is COc1ccc(-c2cc(C(N)=O)cnc2N)cc1. The molecule has 92 valence electrons. The molecule has 2 aromatic rings. The summed E-state index contributed by atoms with van der Waals surface area (Å²) in [5, 5.41) is 0. The summed E-state index contributed by atoms with van der Waals surface area (Å²) in [7, 11) is 1.60. The molecule has 0 radical (unpaired) electrons. The number of rotatable bonds is 3. The Balaban J connectivity index is 2.48. The van der Waals surface area contributed by atoms with Crippen LogP contribution in [-0.4, -0.2) is 18.0 Å². The zero-order valence-electron chi connectivity index (χ0n) is 9.88. The monoisotopic (exact) mass is 243 g/mol. The van der Waals surface area contributed by atoms with Gasteiger partial charge in [-0.2, -0.15) is 0 Å². The fraction of sp³-hybridized carbons (Fsp3) is 0.0769. The molecule has 0 aliphatic rings. The van der Waals surface area contributed by atoms with Gasteiger partial charge in [0.05, 0.1) is 12.7 Å². The number of benzene rings is 1. The number of pyridine rings is 1. The van der Waals surface area contributed by atoms with Gasteiger partial charge in [-0.05, 0) is 23.8 Å².